The summed E-state index contributed by atoms with van der Waals surface area (Å²) < 4.78 is 29.7. The minimum atomic E-state index is -3.10. The van der Waals surface area contributed by atoms with Crippen LogP contribution in [0.2, 0.25) is 0 Å². The summed E-state index contributed by atoms with van der Waals surface area (Å²) in [5.74, 6) is 0.552. The number of carbonyl (C=O) groups excluding carboxylic acids is 1. The molecule has 2 atom stereocenters. The van der Waals surface area contributed by atoms with Crippen LogP contribution in [-0.4, -0.2) is 49.4 Å². The van der Waals surface area contributed by atoms with Gasteiger partial charge in [0.15, 0.2) is 15.0 Å². The first kappa shape index (κ1) is 18.5. The number of thiophene rings is 1. The average Bonchev–Trinajstić information content (AvgIpc) is 3.29. The third kappa shape index (κ3) is 3.76. The molecule has 0 spiro atoms. The van der Waals surface area contributed by atoms with Gasteiger partial charge in [-0.15, -0.1) is 11.3 Å². The van der Waals surface area contributed by atoms with Crippen molar-refractivity contribution < 1.29 is 17.9 Å². The largest absolute Gasteiger partial charge is 0.495 e. The van der Waals surface area contributed by atoms with Gasteiger partial charge in [-0.3, -0.25) is 4.79 Å². The highest BCUT2D eigenvalue weighted by Gasteiger charge is 2.50. The number of sulfone groups is 1. The number of carbonyl (C=O) groups is 1. The van der Waals surface area contributed by atoms with E-state index in [4.69, 9.17) is 4.74 Å². The molecule has 0 N–H and O–H groups in total. The van der Waals surface area contributed by atoms with E-state index in [9.17, 15) is 13.2 Å². The van der Waals surface area contributed by atoms with E-state index in [0.717, 1.165) is 10.6 Å². The summed E-state index contributed by atoms with van der Waals surface area (Å²) in [5, 5.41) is 2.34. The molecule has 1 aromatic heterocycles. The Bertz CT molecular complexity index is 986. The Morgan fingerprint density at radius 1 is 1.26 bits per heavy atom. The smallest absolute Gasteiger partial charge is 0.253 e. The Kier molecular flexibility index (Phi) is 5.00. The molecule has 9 heteroatoms. The van der Waals surface area contributed by atoms with Crippen LogP contribution in [0.4, 0.5) is 5.69 Å². The lowest BCUT2D eigenvalue weighted by atomic mass is 10.2. The molecule has 2 aromatic rings. The van der Waals surface area contributed by atoms with Crippen LogP contribution >= 0.6 is 23.1 Å². The van der Waals surface area contributed by atoms with Crippen molar-refractivity contribution in [3.63, 3.8) is 0 Å². The number of hydrogen-bond donors (Lipinski definition) is 0. The zero-order chi connectivity index (χ0) is 19.0. The first-order valence-corrected chi connectivity index (χ1v) is 12.0. The molecular weight excluding hydrogens is 404 g/mol. The van der Waals surface area contributed by atoms with Crippen LogP contribution in [-0.2, 0) is 21.1 Å². The summed E-state index contributed by atoms with van der Waals surface area (Å²) in [6, 6.07) is 11.0. The highest BCUT2D eigenvalue weighted by molar-refractivity contribution is 8.16. The van der Waals surface area contributed by atoms with Crippen molar-refractivity contribution in [2.75, 3.05) is 23.5 Å². The van der Waals surface area contributed by atoms with Crippen LogP contribution < -0.4 is 9.64 Å². The quantitative estimate of drug-likeness (QED) is 0.754. The third-order valence-electron chi connectivity index (χ3n) is 4.54. The van der Waals surface area contributed by atoms with Gasteiger partial charge in [0.1, 0.15) is 5.75 Å². The van der Waals surface area contributed by atoms with Gasteiger partial charge in [0.25, 0.3) is 5.91 Å². The molecule has 2 saturated heterocycles. The summed E-state index contributed by atoms with van der Waals surface area (Å²) in [6.07, 6.45) is 0.245. The second-order valence-corrected chi connectivity index (χ2v) is 10.8. The van der Waals surface area contributed by atoms with Crippen molar-refractivity contribution in [3.05, 3.63) is 46.7 Å². The van der Waals surface area contributed by atoms with Crippen LogP contribution in [0, 0.1) is 0 Å². The number of ether oxygens (including phenoxy) is 1. The van der Waals surface area contributed by atoms with Crippen LogP contribution in [0.5, 0.6) is 5.75 Å². The van der Waals surface area contributed by atoms with Crippen molar-refractivity contribution >= 4 is 49.7 Å². The number of amidine groups is 1. The van der Waals surface area contributed by atoms with E-state index in [1.165, 1.54) is 23.1 Å². The number of thioether (sulfide) groups is 1. The Morgan fingerprint density at radius 2 is 2.07 bits per heavy atom. The van der Waals surface area contributed by atoms with Gasteiger partial charge in [-0.2, -0.15) is 4.99 Å². The lowest BCUT2D eigenvalue weighted by Crippen LogP contribution is -2.38. The maximum atomic E-state index is 12.5. The predicted molar refractivity (Wildman–Crippen MR) is 110 cm³/mol. The molecule has 4 rings (SSSR count). The highest BCUT2D eigenvalue weighted by atomic mass is 32.2. The topological polar surface area (TPSA) is 76.0 Å². The van der Waals surface area contributed by atoms with Gasteiger partial charge >= 0.3 is 0 Å². The van der Waals surface area contributed by atoms with Gasteiger partial charge in [0, 0.05) is 10.1 Å². The first-order chi connectivity index (χ1) is 13.0. The predicted octanol–water partition coefficient (Wildman–Crippen LogP) is 2.60. The lowest BCUT2D eigenvalue weighted by molar-refractivity contribution is -0.117. The van der Waals surface area contributed by atoms with E-state index in [1.54, 1.807) is 7.11 Å². The molecule has 0 saturated carbocycles. The summed E-state index contributed by atoms with van der Waals surface area (Å²) in [4.78, 5) is 19.6. The Labute approximate surface area is 166 Å². The maximum Gasteiger partial charge on any atom is 0.253 e. The van der Waals surface area contributed by atoms with Crippen molar-refractivity contribution in [2.24, 2.45) is 4.99 Å². The molecule has 2 fully saturated rings. The highest BCUT2D eigenvalue weighted by Crippen LogP contribution is 2.43. The summed E-state index contributed by atoms with van der Waals surface area (Å²) in [5.41, 5.74) is 0.736. The minimum Gasteiger partial charge on any atom is -0.495 e. The van der Waals surface area contributed by atoms with Crippen LogP contribution in [0.25, 0.3) is 0 Å². The number of nitrogens with zero attached hydrogens (tertiary/aromatic N) is 2. The number of aliphatic imine (C=N–C) groups is 1. The third-order valence-corrected chi connectivity index (χ3v) is 8.62. The molecule has 1 aromatic carbocycles. The van der Waals surface area contributed by atoms with Crippen LogP contribution in [0.3, 0.4) is 0 Å². The van der Waals surface area contributed by atoms with E-state index in [-0.39, 0.29) is 35.1 Å². The molecule has 0 aliphatic carbocycles. The summed E-state index contributed by atoms with van der Waals surface area (Å²) in [7, 11) is -1.53. The number of fused-ring (bicyclic) bond motifs is 1. The number of methoxy groups -OCH3 is 1. The molecule has 3 heterocycles. The SMILES string of the molecule is COc1ccccc1N1C(=NC(=O)Cc2cccs2)S[C@H]2CS(=O)(=O)C[C@@H]21. The molecule has 0 bridgehead atoms. The zero-order valence-electron chi connectivity index (χ0n) is 14.6. The molecule has 0 unspecified atom stereocenters. The van der Waals surface area contributed by atoms with Gasteiger partial charge < -0.3 is 9.64 Å². The molecule has 2 aliphatic heterocycles. The van der Waals surface area contributed by atoms with Gasteiger partial charge in [-0.25, -0.2) is 8.42 Å². The monoisotopic (exact) mass is 422 g/mol. The van der Waals surface area contributed by atoms with Gasteiger partial charge in [0.05, 0.1) is 36.8 Å². The van der Waals surface area contributed by atoms with Gasteiger partial charge in [-0.05, 0) is 23.6 Å². The Balaban J connectivity index is 1.70. The molecule has 1 amide bonds. The summed E-state index contributed by atoms with van der Waals surface area (Å²) in [6.45, 7) is 0. The summed E-state index contributed by atoms with van der Waals surface area (Å²) >= 11 is 2.89. The number of rotatable bonds is 4. The van der Waals surface area contributed by atoms with E-state index >= 15 is 0 Å². The van der Waals surface area contributed by atoms with Crippen molar-refractivity contribution in [1.82, 2.24) is 0 Å². The second kappa shape index (κ2) is 7.29. The molecule has 27 heavy (non-hydrogen) atoms. The fraction of sp³-hybridized carbons (Fsp3) is 0.333. The lowest BCUT2D eigenvalue weighted by Gasteiger charge is -2.26. The van der Waals surface area contributed by atoms with E-state index in [1.807, 2.05) is 46.7 Å². The molecule has 0 radical (unpaired) electrons. The molecular formula is C18H18N2O4S3. The molecule has 142 valence electrons. The maximum absolute atomic E-state index is 12.5. The average molecular weight is 423 g/mol. The fourth-order valence-electron chi connectivity index (χ4n) is 3.38. The van der Waals surface area contributed by atoms with Crippen molar-refractivity contribution in [1.29, 1.82) is 0 Å². The molecule has 6 nitrogen and oxygen atoms in total. The van der Waals surface area contributed by atoms with Gasteiger partial charge in [-0.1, -0.05) is 30.0 Å². The number of anilines is 1. The number of amides is 1. The molecule has 2 aliphatic rings. The van der Waals surface area contributed by atoms with Crippen LogP contribution in [0.1, 0.15) is 4.88 Å². The van der Waals surface area contributed by atoms with Crippen molar-refractivity contribution in [2.45, 2.75) is 17.7 Å². The van der Waals surface area contributed by atoms with Crippen molar-refractivity contribution in [3.8, 4) is 5.75 Å². The number of benzene rings is 1. The second-order valence-electron chi connectivity index (χ2n) is 6.39. The minimum absolute atomic E-state index is 0.0564. The Hall–Kier alpha value is -1.84. The normalized spacial score (nSPS) is 24.9. The zero-order valence-corrected chi connectivity index (χ0v) is 17.0. The van der Waals surface area contributed by atoms with E-state index < -0.39 is 9.84 Å². The number of hydrogen-bond acceptors (Lipinski definition) is 6. The fourth-order valence-corrected chi connectivity index (χ4v) is 8.00. The van der Waals surface area contributed by atoms with E-state index in [2.05, 4.69) is 4.99 Å². The number of para-hydroxylation sites is 2. The standard InChI is InChI=1S/C18H18N2O4S3/c1-24-15-7-3-2-6-13(15)20-14-10-27(22,23)11-16(14)26-18(20)19-17(21)9-12-5-4-8-25-12/h2-8,14,16H,9-11H2,1H3/t14-,16-/m0/s1. The first-order valence-electron chi connectivity index (χ1n) is 8.40. The van der Waals surface area contributed by atoms with E-state index in [0.29, 0.717) is 10.9 Å². The van der Waals surface area contributed by atoms with Crippen LogP contribution in [0.15, 0.2) is 46.8 Å². The Morgan fingerprint density at radius 3 is 2.81 bits per heavy atom. The van der Waals surface area contributed by atoms with Gasteiger partial charge in [0.2, 0.25) is 0 Å².